The molecule has 4 unspecified atom stereocenters. The van der Waals surface area contributed by atoms with E-state index in [1.165, 1.54) is 25.0 Å². The summed E-state index contributed by atoms with van der Waals surface area (Å²) in [5.41, 5.74) is 9.17. The van der Waals surface area contributed by atoms with Crippen LogP contribution in [-0.2, 0) is 38.4 Å². The summed E-state index contributed by atoms with van der Waals surface area (Å²) in [5.74, 6) is -3.06. The first-order chi connectivity index (χ1) is 20.6. The summed E-state index contributed by atoms with van der Waals surface area (Å²) in [7, 11) is 0. The molecule has 0 saturated heterocycles. The zero-order valence-corrected chi connectivity index (χ0v) is 24.0. The first kappa shape index (κ1) is 31.0. The lowest BCUT2D eigenvalue weighted by Crippen LogP contribution is -2.58. The van der Waals surface area contributed by atoms with Gasteiger partial charge in [-0.2, -0.15) is 0 Å². The summed E-state index contributed by atoms with van der Waals surface area (Å²) < 4.78 is 0. The number of imidazole rings is 2. The van der Waals surface area contributed by atoms with E-state index in [0.29, 0.717) is 11.4 Å². The molecule has 1 aromatic carbocycles. The number of benzene rings is 1. The average Bonchev–Trinajstić information content (AvgIpc) is 3.75. The number of carbonyl (C=O) groups excluding carboxylic acids is 3. The number of carbonyl (C=O) groups is 4. The maximum absolute atomic E-state index is 13.6. The Hall–Kier alpha value is -4.98. The molecule has 0 spiro atoms. The molecule has 0 fully saturated rings. The Bertz CT molecular complexity index is 1510. The second-order valence-electron chi connectivity index (χ2n) is 10.9. The molecule has 4 aromatic rings. The Morgan fingerprint density at radius 1 is 0.814 bits per heavy atom. The number of nitrogens with one attached hydrogen (secondary N) is 6. The topological polar surface area (TPSA) is 224 Å². The van der Waals surface area contributed by atoms with Gasteiger partial charge in [-0.05, 0) is 30.4 Å². The zero-order valence-electron chi connectivity index (χ0n) is 24.0. The summed E-state index contributed by atoms with van der Waals surface area (Å²) in [6.45, 7) is 3.69. The highest BCUT2D eigenvalue weighted by Gasteiger charge is 2.31. The van der Waals surface area contributed by atoms with Gasteiger partial charge in [0.25, 0.3) is 0 Å². The van der Waals surface area contributed by atoms with Gasteiger partial charge in [0.15, 0.2) is 0 Å². The second-order valence-corrected chi connectivity index (χ2v) is 10.9. The number of hydrogen-bond donors (Lipinski definition) is 8. The summed E-state index contributed by atoms with van der Waals surface area (Å²) in [4.78, 5) is 68.9. The van der Waals surface area contributed by atoms with Gasteiger partial charge in [-0.3, -0.25) is 14.4 Å². The molecule has 228 valence electrons. The molecule has 3 amide bonds. The highest BCUT2D eigenvalue weighted by atomic mass is 16.4. The van der Waals surface area contributed by atoms with Crippen molar-refractivity contribution in [2.45, 2.75) is 63.7 Å². The highest BCUT2D eigenvalue weighted by Crippen LogP contribution is 2.19. The molecule has 0 aliphatic rings. The zero-order chi connectivity index (χ0) is 30.9. The van der Waals surface area contributed by atoms with Gasteiger partial charge in [0.1, 0.15) is 18.1 Å². The van der Waals surface area contributed by atoms with Gasteiger partial charge in [0.2, 0.25) is 17.7 Å². The van der Waals surface area contributed by atoms with Crippen molar-refractivity contribution < 1.29 is 24.3 Å². The molecule has 0 aliphatic heterocycles. The Morgan fingerprint density at radius 2 is 1.37 bits per heavy atom. The van der Waals surface area contributed by atoms with Crippen molar-refractivity contribution >= 4 is 34.6 Å². The van der Waals surface area contributed by atoms with Crippen LogP contribution in [0.1, 0.15) is 37.2 Å². The summed E-state index contributed by atoms with van der Waals surface area (Å²) >= 11 is 0. The normalized spacial score (nSPS) is 14.1. The fourth-order valence-electron chi connectivity index (χ4n) is 4.80. The van der Waals surface area contributed by atoms with Crippen molar-refractivity contribution in [3.8, 4) is 0 Å². The molecule has 4 rings (SSSR count). The number of aliphatic carboxylic acids is 1. The summed E-state index contributed by atoms with van der Waals surface area (Å²) in [5, 5.41) is 18.5. The van der Waals surface area contributed by atoms with Gasteiger partial charge in [-0.1, -0.05) is 32.0 Å². The number of para-hydroxylation sites is 1. The molecule has 0 radical (unpaired) electrons. The maximum atomic E-state index is 13.6. The van der Waals surface area contributed by atoms with E-state index in [9.17, 15) is 24.3 Å². The SMILES string of the molecule is CC(C)CC(NC(=O)C(Cc1cnc[nH]1)NC(=O)C(Cc1cnc[nH]1)NC(=O)C(N)Cc1c[nH]c2ccccc12)C(=O)O. The number of aromatic amines is 3. The van der Waals surface area contributed by atoms with Gasteiger partial charge >= 0.3 is 5.97 Å². The number of rotatable bonds is 15. The monoisotopic (exact) mass is 591 g/mol. The lowest BCUT2D eigenvalue weighted by Gasteiger charge is -2.25. The molecule has 0 aliphatic carbocycles. The Balaban J connectivity index is 1.50. The molecule has 4 atom stereocenters. The fraction of sp³-hybridized carbons (Fsp3) is 0.379. The largest absolute Gasteiger partial charge is 0.480 e. The third-order valence-electron chi connectivity index (χ3n) is 7.00. The van der Waals surface area contributed by atoms with E-state index in [-0.39, 0.29) is 31.6 Å². The van der Waals surface area contributed by atoms with E-state index in [4.69, 9.17) is 5.73 Å². The fourth-order valence-corrected chi connectivity index (χ4v) is 4.80. The molecule has 43 heavy (non-hydrogen) atoms. The van der Waals surface area contributed by atoms with Crippen LogP contribution in [0.2, 0.25) is 0 Å². The van der Waals surface area contributed by atoms with Crippen molar-refractivity contribution in [3.05, 3.63) is 72.5 Å². The van der Waals surface area contributed by atoms with Crippen LogP contribution in [0.4, 0.5) is 0 Å². The van der Waals surface area contributed by atoms with Crippen LogP contribution in [0.3, 0.4) is 0 Å². The van der Waals surface area contributed by atoms with Crippen molar-refractivity contribution in [2.24, 2.45) is 11.7 Å². The number of aromatic nitrogens is 5. The standard InChI is InChI=1S/C29H37N9O5/c1-16(2)7-25(29(42)43)38-28(41)24(10-19-13-32-15-35-19)37-27(40)23(9-18-12-31-14-34-18)36-26(39)21(30)8-17-11-33-22-6-4-3-5-20(17)22/h3-6,11-16,21,23-25,33H,7-10,30H2,1-2H3,(H,31,34)(H,32,35)(H,36,39)(H,37,40)(H,38,41)(H,42,43). The summed E-state index contributed by atoms with van der Waals surface area (Å²) in [6, 6.07) is 3.26. The highest BCUT2D eigenvalue weighted by molar-refractivity contribution is 5.94. The first-order valence-electron chi connectivity index (χ1n) is 14.0. The maximum Gasteiger partial charge on any atom is 0.326 e. The molecule has 9 N–H and O–H groups in total. The number of fused-ring (bicyclic) bond motifs is 1. The van der Waals surface area contributed by atoms with Gasteiger partial charge < -0.3 is 41.7 Å². The number of carboxylic acids is 1. The molecule has 0 saturated carbocycles. The number of nitrogens with two attached hydrogens (primary N) is 1. The van der Waals surface area contributed by atoms with Crippen LogP contribution >= 0.6 is 0 Å². The van der Waals surface area contributed by atoms with E-state index in [1.54, 1.807) is 6.20 Å². The second kappa shape index (κ2) is 14.3. The summed E-state index contributed by atoms with van der Waals surface area (Å²) in [6.07, 6.45) is 8.20. The van der Waals surface area contributed by atoms with Crippen LogP contribution < -0.4 is 21.7 Å². The quantitative estimate of drug-likeness (QED) is 0.0972. The van der Waals surface area contributed by atoms with Gasteiger partial charge in [0.05, 0.1) is 18.7 Å². The van der Waals surface area contributed by atoms with Crippen LogP contribution in [0.15, 0.2) is 55.5 Å². The molecule has 3 heterocycles. The molecule has 14 nitrogen and oxygen atoms in total. The van der Waals surface area contributed by atoms with E-state index in [2.05, 4.69) is 40.9 Å². The van der Waals surface area contributed by atoms with Gasteiger partial charge in [0, 0.05) is 53.7 Å². The van der Waals surface area contributed by atoms with Crippen molar-refractivity contribution in [3.63, 3.8) is 0 Å². The van der Waals surface area contributed by atoms with Gasteiger partial charge in [-0.25, -0.2) is 14.8 Å². The molecular formula is C29H37N9O5. The Morgan fingerprint density at radius 3 is 1.91 bits per heavy atom. The number of hydrogen-bond acceptors (Lipinski definition) is 7. The predicted molar refractivity (Wildman–Crippen MR) is 157 cm³/mol. The molecule has 0 bridgehead atoms. The third kappa shape index (κ3) is 8.52. The lowest BCUT2D eigenvalue weighted by molar-refractivity contribution is -0.142. The first-order valence-corrected chi connectivity index (χ1v) is 14.0. The lowest BCUT2D eigenvalue weighted by atomic mass is 10.0. The predicted octanol–water partition coefficient (Wildman–Crippen LogP) is 0.554. The average molecular weight is 592 g/mol. The van der Waals surface area contributed by atoms with Gasteiger partial charge in [-0.15, -0.1) is 0 Å². The van der Waals surface area contributed by atoms with E-state index >= 15 is 0 Å². The van der Waals surface area contributed by atoms with Crippen LogP contribution in [0.5, 0.6) is 0 Å². The third-order valence-corrected chi connectivity index (χ3v) is 7.00. The van der Waals surface area contributed by atoms with Crippen LogP contribution in [0, 0.1) is 5.92 Å². The number of H-pyrrole nitrogens is 3. The minimum absolute atomic E-state index is 0.00418. The molecule has 14 heteroatoms. The number of nitrogens with zero attached hydrogens (tertiary/aromatic N) is 2. The van der Waals surface area contributed by atoms with Crippen molar-refractivity contribution in [1.82, 2.24) is 40.9 Å². The molecular weight excluding hydrogens is 554 g/mol. The van der Waals surface area contributed by atoms with E-state index in [1.807, 2.05) is 38.1 Å². The number of amides is 3. The molecule has 3 aromatic heterocycles. The van der Waals surface area contributed by atoms with Crippen LogP contribution in [-0.4, -0.2) is 77.9 Å². The Kier molecular flexibility index (Phi) is 10.3. The minimum Gasteiger partial charge on any atom is -0.480 e. The smallest absolute Gasteiger partial charge is 0.326 e. The van der Waals surface area contributed by atoms with Crippen molar-refractivity contribution in [2.75, 3.05) is 0 Å². The van der Waals surface area contributed by atoms with E-state index < -0.39 is 47.9 Å². The van der Waals surface area contributed by atoms with Crippen LogP contribution in [0.25, 0.3) is 10.9 Å². The minimum atomic E-state index is -1.18. The number of carboxylic acid groups (broad SMARTS) is 1. The van der Waals surface area contributed by atoms with E-state index in [0.717, 1.165) is 16.5 Å². The van der Waals surface area contributed by atoms with Crippen molar-refractivity contribution in [1.29, 1.82) is 0 Å². The Labute approximate surface area is 247 Å².